The highest BCUT2D eigenvalue weighted by molar-refractivity contribution is 5.58. The van der Waals surface area contributed by atoms with E-state index in [4.69, 9.17) is 4.74 Å². The third-order valence-electron chi connectivity index (χ3n) is 2.28. The lowest BCUT2D eigenvalue weighted by molar-refractivity contribution is 0.323. The minimum absolute atomic E-state index is 0.568. The van der Waals surface area contributed by atoms with Gasteiger partial charge in [-0.3, -0.25) is 0 Å². The lowest BCUT2D eigenvalue weighted by atomic mass is 10.1. The lowest BCUT2D eigenvalue weighted by Gasteiger charge is -2.03. The van der Waals surface area contributed by atoms with Crippen molar-refractivity contribution in [1.82, 2.24) is 10.2 Å². The molecule has 0 aliphatic carbocycles. The zero-order chi connectivity index (χ0) is 11.4. The Morgan fingerprint density at radius 3 is 2.31 bits per heavy atom. The van der Waals surface area contributed by atoms with Gasteiger partial charge in [-0.1, -0.05) is 29.8 Å². The van der Waals surface area contributed by atoms with Crippen molar-refractivity contribution in [3.63, 3.8) is 0 Å². The molecule has 0 unspecified atom stereocenters. The molecule has 2 rings (SSSR count). The first-order chi connectivity index (χ1) is 7.79. The van der Waals surface area contributed by atoms with Crippen molar-refractivity contribution in [3.8, 4) is 17.1 Å². The van der Waals surface area contributed by atoms with E-state index in [2.05, 4.69) is 29.3 Å². The predicted molar refractivity (Wildman–Crippen MR) is 63.4 cm³/mol. The quantitative estimate of drug-likeness (QED) is 0.788. The second kappa shape index (κ2) is 4.75. The molecule has 0 atom stereocenters. The van der Waals surface area contributed by atoms with E-state index in [0.717, 1.165) is 11.3 Å². The van der Waals surface area contributed by atoms with Crippen molar-refractivity contribution in [1.29, 1.82) is 0 Å². The number of aryl methyl sites for hydroxylation is 1. The van der Waals surface area contributed by atoms with Gasteiger partial charge in [-0.15, -0.1) is 10.2 Å². The minimum Gasteiger partial charge on any atom is -0.477 e. The summed E-state index contributed by atoms with van der Waals surface area (Å²) in [6.07, 6.45) is 0. The first-order valence-electron chi connectivity index (χ1n) is 5.33. The number of hydrogen-bond acceptors (Lipinski definition) is 3. The van der Waals surface area contributed by atoms with E-state index >= 15 is 0 Å². The SMILES string of the molecule is CCOc1ccc(-c2ccc(C)cc2)nn1. The predicted octanol–water partition coefficient (Wildman–Crippen LogP) is 2.85. The third-order valence-corrected chi connectivity index (χ3v) is 2.28. The number of nitrogens with zero attached hydrogens (tertiary/aromatic N) is 2. The summed E-state index contributed by atoms with van der Waals surface area (Å²) in [6, 6.07) is 12.0. The van der Waals surface area contributed by atoms with E-state index in [0.29, 0.717) is 12.5 Å². The first kappa shape index (κ1) is 10.6. The van der Waals surface area contributed by atoms with Crippen LogP contribution in [0.25, 0.3) is 11.3 Å². The fourth-order valence-corrected chi connectivity index (χ4v) is 1.42. The zero-order valence-corrected chi connectivity index (χ0v) is 9.47. The van der Waals surface area contributed by atoms with Crippen LogP contribution in [0.3, 0.4) is 0 Å². The average molecular weight is 214 g/mol. The summed E-state index contributed by atoms with van der Waals surface area (Å²) in [5, 5.41) is 8.12. The van der Waals surface area contributed by atoms with Crippen molar-refractivity contribution < 1.29 is 4.74 Å². The monoisotopic (exact) mass is 214 g/mol. The van der Waals surface area contributed by atoms with E-state index in [1.807, 2.05) is 31.2 Å². The number of rotatable bonds is 3. The lowest BCUT2D eigenvalue weighted by Crippen LogP contribution is -1.96. The Labute approximate surface area is 95.1 Å². The Hall–Kier alpha value is -1.90. The molecule has 2 aromatic rings. The minimum atomic E-state index is 0.568. The molecule has 0 bridgehead atoms. The zero-order valence-electron chi connectivity index (χ0n) is 9.47. The molecule has 1 aromatic carbocycles. The number of benzene rings is 1. The van der Waals surface area contributed by atoms with Gasteiger partial charge in [0.15, 0.2) is 0 Å². The molecule has 0 N–H and O–H groups in total. The fraction of sp³-hybridized carbons (Fsp3) is 0.231. The molecule has 0 fully saturated rings. The van der Waals surface area contributed by atoms with Crippen LogP contribution >= 0.6 is 0 Å². The van der Waals surface area contributed by atoms with Gasteiger partial charge in [0.1, 0.15) is 0 Å². The van der Waals surface area contributed by atoms with Gasteiger partial charge in [0, 0.05) is 11.6 Å². The molecule has 16 heavy (non-hydrogen) atoms. The van der Waals surface area contributed by atoms with Crippen molar-refractivity contribution >= 4 is 0 Å². The van der Waals surface area contributed by atoms with Crippen LogP contribution in [0.5, 0.6) is 5.88 Å². The van der Waals surface area contributed by atoms with Gasteiger partial charge in [0.05, 0.1) is 12.3 Å². The fourth-order valence-electron chi connectivity index (χ4n) is 1.42. The summed E-state index contributed by atoms with van der Waals surface area (Å²) in [4.78, 5) is 0. The molecule has 1 heterocycles. The molecule has 0 saturated carbocycles. The Balaban J connectivity index is 2.24. The van der Waals surface area contributed by atoms with Gasteiger partial charge in [-0.2, -0.15) is 0 Å². The second-order valence-corrected chi connectivity index (χ2v) is 3.56. The van der Waals surface area contributed by atoms with Gasteiger partial charge in [-0.25, -0.2) is 0 Å². The normalized spacial score (nSPS) is 10.1. The molecule has 1 aromatic heterocycles. The van der Waals surface area contributed by atoms with Crippen molar-refractivity contribution in [2.24, 2.45) is 0 Å². The van der Waals surface area contributed by atoms with E-state index < -0.39 is 0 Å². The van der Waals surface area contributed by atoms with Crippen LogP contribution in [0.2, 0.25) is 0 Å². The van der Waals surface area contributed by atoms with E-state index in [1.54, 1.807) is 0 Å². The highest BCUT2D eigenvalue weighted by Crippen LogP contribution is 2.18. The van der Waals surface area contributed by atoms with Crippen molar-refractivity contribution in [2.45, 2.75) is 13.8 Å². The van der Waals surface area contributed by atoms with Crippen molar-refractivity contribution in [3.05, 3.63) is 42.0 Å². The van der Waals surface area contributed by atoms with Gasteiger partial charge in [-0.05, 0) is 19.9 Å². The first-order valence-corrected chi connectivity index (χ1v) is 5.33. The molecular weight excluding hydrogens is 200 g/mol. The maximum atomic E-state index is 5.24. The molecule has 0 aliphatic heterocycles. The van der Waals surface area contributed by atoms with Crippen LogP contribution in [-0.2, 0) is 0 Å². The van der Waals surface area contributed by atoms with Crippen LogP contribution in [0.15, 0.2) is 36.4 Å². The molecule has 0 spiro atoms. The summed E-state index contributed by atoms with van der Waals surface area (Å²) in [6.45, 7) is 4.60. The second-order valence-electron chi connectivity index (χ2n) is 3.56. The Kier molecular flexibility index (Phi) is 3.15. The maximum Gasteiger partial charge on any atom is 0.233 e. The van der Waals surface area contributed by atoms with E-state index in [-0.39, 0.29) is 0 Å². The van der Waals surface area contributed by atoms with Crippen LogP contribution < -0.4 is 4.74 Å². The van der Waals surface area contributed by atoms with Crippen LogP contribution in [0.4, 0.5) is 0 Å². The topological polar surface area (TPSA) is 35.0 Å². The van der Waals surface area contributed by atoms with Gasteiger partial charge in [0.25, 0.3) is 0 Å². The Morgan fingerprint density at radius 1 is 1.00 bits per heavy atom. The molecule has 0 saturated heterocycles. The van der Waals surface area contributed by atoms with Gasteiger partial charge < -0.3 is 4.74 Å². The van der Waals surface area contributed by atoms with Crippen molar-refractivity contribution in [2.75, 3.05) is 6.61 Å². The third kappa shape index (κ3) is 2.37. The van der Waals surface area contributed by atoms with E-state index in [1.165, 1.54) is 5.56 Å². The number of hydrogen-bond donors (Lipinski definition) is 0. The maximum absolute atomic E-state index is 5.24. The largest absolute Gasteiger partial charge is 0.477 e. The molecule has 3 nitrogen and oxygen atoms in total. The molecule has 82 valence electrons. The molecule has 3 heteroatoms. The van der Waals surface area contributed by atoms with E-state index in [9.17, 15) is 0 Å². The van der Waals surface area contributed by atoms with Crippen LogP contribution in [-0.4, -0.2) is 16.8 Å². The smallest absolute Gasteiger partial charge is 0.233 e. The van der Waals surface area contributed by atoms with Crippen LogP contribution in [0, 0.1) is 6.92 Å². The summed E-state index contributed by atoms with van der Waals surface area (Å²) in [5.41, 5.74) is 3.17. The van der Waals surface area contributed by atoms with Crippen LogP contribution in [0.1, 0.15) is 12.5 Å². The summed E-state index contributed by atoms with van der Waals surface area (Å²) < 4.78 is 5.24. The molecule has 0 aliphatic rings. The Bertz CT molecular complexity index is 448. The number of ether oxygens (including phenoxy) is 1. The molecule has 0 radical (unpaired) electrons. The summed E-state index contributed by atoms with van der Waals surface area (Å²) in [5.74, 6) is 0.568. The molecule has 0 amide bonds. The summed E-state index contributed by atoms with van der Waals surface area (Å²) >= 11 is 0. The summed E-state index contributed by atoms with van der Waals surface area (Å²) in [7, 11) is 0. The number of aromatic nitrogens is 2. The highest BCUT2D eigenvalue weighted by atomic mass is 16.5. The molecular formula is C13H14N2O. The van der Waals surface area contributed by atoms with Gasteiger partial charge in [0.2, 0.25) is 5.88 Å². The average Bonchev–Trinajstić information content (AvgIpc) is 2.32. The standard InChI is InChI=1S/C13H14N2O/c1-3-16-13-9-8-12(14-15-13)11-6-4-10(2)5-7-11/h4-9H,3H2,1-2H3. The highest BCUT2D eigenvalue weighted by Gasteiger charge is 2.00. The Morgan fingerprint density at radius 2 is 1.75 bits per heavy atom. The van der Waals surface area contributed by atoms with Gasteiger partial charge >= 0.3 is 0 Å².